The van der Waals surface area contributed by atoms with E-state index < -0.39 is 0 Å². The van der Waals surface area contributed by atoms with Crippen LogP contribution < -0.4 is 5.56 Å². The van der Waals surface area contributed by atoms with Crippen LogP contribution in [0.25, 0.3) is 10.2 Å². The maximum absolute atomic E-state index is 12.5. The molecule has 3 nitrogen and oxygen atoms in total. The summed E-state index contributed by atoms with van der Waals surface area (Å²) in [5.41, 5.74) is 0.845. The van der Waals surface area contributed by atoms with Crippen LogP contribution in [-0.2, 0) is 6.42 Å². The third kappa shape index (κ3) is 2.31. The van der Waals surface area contributed by atoms with Gasteiger partial charge in [0.25, 0.3) is 5.56 Å². The van der Waals surface area contributed by atoms with Crippen LogP contribution in [0.5, 0.6) is 0 Å². The number of hydrogen-bond donors (Lipinski definition) is 1. The van der Waals surface area contributed by atoms with Crippen molar-refractivity contribution in [1.29, 1.82) is 0 Å². The molecule has 3 aromatic rings. The van der Waals surface area contributed by atoms with Crippen LogP contribution in [0.2, 0.25) is 0 Å². The summed E-state index contributed by atoms with van der Waals surface area (Å²) in [7, 11) is 0. The van der Waals surface area contributed by atoms with Crippen molar-refractivity contribution < 1.29 is 0 Å². The molecule has 0 aromatic carbocycles. The second kappa shape index (κ2) is 5.03. The maximum atomic E-state index is 12.5. The molecule has 0 saturated heterocycles. The Morgan fingerprint density at radius 1 is 1.37 bits per heavy atom. The number of fused-ring (bicyclic) bond motifs is 1. The molecule has 0 radical (unpaired) electrons. The molecule has 0 saturated carbocycles. The minimum absolute atomic E-state index is 0.0119. The predicted molar refractivity (Wildman–Crippen MR) is 84.0 cm³/mol. The third-order valence-electron chi connectivity index (χ3n) is 3.06. The lowest BCUT2D eigenvalue weighted by Gasteiger charge is -2.14. The Bertz CT molecular complexity index is 810. The number of thiophene rings is 2. The number of rotatable bonds is 3. The first-order valence-electron chi connectivity index (χ1n) is 5.91. The lowest BCUT2D eigenvalue weighted by atomic mass is 10.2. The minimum Gasteiger partial charge on any atom is -0.331 e. The van der Waals surface area contributed by atoms with E-state index >= 15 is 0 Å². The highest BCUT2D eigenvalue weighted by Crippen LogP contribution is 2.19. The van der Waals surface area contributed by atoms with E-state index in [1.807, 2.05) is 29.8 Å². The standard InChI is InChI=1S/C13H12N2OS3/c1-8(7-9-3-2-5-18-9)15-12(16)11-10(4-6-19-11)14-13(15)17/h2-6,8H,7H2,1H3,(H,14,17). The van der Waals surface area contributed by atoms with Gasteiger partial charge in [0.05, 0.1) is 5.52 Å². The molecule has 1 unspecified atom stereocenters. The molecule has 3 heterocycles. The zero-order valence-corrected chi connectivity index (χ0v) is 12.7. The molecule has 0 bridgehead atoms. The Kier molecular flexibility index (Phi) is 3.38. The van der Waals surface area contributed by atoms with Gasteiger partial charge in [0, 0.05) is 17.3 Å². The summed E-state index contributed by atoms with van der Waals surface area (Å²) in [6.07, 6.45) is 0.825. The number of H-pyrrole nitrogens is 1. The van der Waals surface area contributed by atoms with Crippen LogP contribution in [-0.4, -0.2) is 9.55 Å². The summed E-state index contributed by atoms with van der Waals surface area (Å²) in [6, 6.07) is 6.06. The zero-order chi connectivity index (χ0) is 13.4. The predicted octanol–water partition coefficient (Wildman–Crippen LogP) is 3.99. The van der Waals surface area contributed by atoms with Gasteiger partial charge in [-0.3, -0.25) is 9.36 Å². The Labute approximate surface area is 123 Å². The van der Waals surface area contributed by atoms with Crippen LogP contribution in [0.3, 0.4) is 0 Å². The number of hydrogen-bond acceptors (Lipinski definition) is 4. The van der Waals surface area contributed by atoms with E-state index in [1.54, 1.807) is 15.9 Å². The molecule has 6 heteroatoms. The Balaban J connectivity index is 2.09. The van der Waals surface area contributed by atoms with Gasteiger partial charge in [0.15, 0.2) is 4.77 Å². The van der Waals surface area contributed by atoms with Crippen molar-refractivity contribution in [2.75, 3.05) is 0 Å². The molecule has 0 spiro atoms. The van der Waals surface area contributed by atoms with Crippen LogP contribution >= 0.6 is 34.9 Å². The minimum atomic E-state index is 0.0119. The monoisotopic (exact) mass is 308 g/mol. The second-order valence-electron chi connectivity index (χ2n) is 4.40. The van der Waals surface area contributed by atoms with Crippen molar-refractivity contribution in [1.82, 2.24) is 9.55 Å². The molecule has 0 amide bonds. The maximum Gasteiger partial charge on any atom is 0.272 e. The van der Waals surface area contributed by atoms with Gasteiger partial charge in [-0.2, -0.15) is 0 Å². The number of nitrogens with zero attached hydrogens (tertiary/aromatic N) is 1. The zero-order valence-electron chi connectivity index (χ0n) is 10.3. The number of aromatic amines is 1. The van der Waals surface area contributed by atoms with Crippen LogP contribution in [0.1, 0.15) is 17.8 Å². The van der Waals surface area contributed by atoms with Gasteiger partial charge in [0.1, 0.15) is 4.70 Å². The largest absolute Gasteiger partial charge is 0.331 e. The molecule has 98 valence electrons. The number of aromatic nitrogens is 2. The Hall–Kier alpha value is -1.24. The highest BCUT2D eigenvalue weighted by atomic mass is 32.1. The fourth-order valence-corrected chi connectivity index (χ4v) is 4.15. The van der Waals surface area contributed by atoms with E-state index in [0.29, 0.717) is 4.77 Å². The van der Waals surface area contributed by atoms with E-state index in [1.165, 1.54) is 16.2 Å². The molecule has 19 heavy (non-hydrogen) atoms. The van der Waals surface area contributed by atoms with E-state index in [2.05, 4.69) is 11.1 Å². The molecule has 0 aliphatic heterocycles. The fraction of sp³-hybridized carbons (Fsp3) is 0.231. The van der Waals surface area contributed by atoms with Crippen LogP contribution in [0.15, 0.2) is 33.8 Å². The van der Waals surface area contributed by atoms with Gasteiger partial charge in [-0.1, -0.05) is 6.07 Å². The quantitative estimate of drug-likeness (QED) is 0.743. The van der Waals surface area contributed by atoms with Gasteiger partial charge in [0.2, 0.25) is 0 Å². The summed E-state index contributed by atoms with van der Waals surface area (Å²) in [6.45, 7) is 2.03. The highest BCUT2D eigenvalue weighted by Gasteiger charge is 2.13. The molecule has 3 aromatic heterocycles. The Morgan fingerprint density at radius 2 is 2.21 bits per heavy atom. The molecular weight excluding hydrogens is 296 g/mol. The van der Waals surface area contributed by atoms with E-state index in [0.717, 1.165) is 16.6 Å². The van der Waals surface area contributed by atoms with Crippen molar-refractivity contribution >= 4 is 45.1 Å². The van der Waals surface area contributed by atoms with Crippen LogP contribution in [0, 0.1) is 4.77 Å². The van der Waals surface area contributed by atoms with E-state index in [-0.39, 0.29) is 11.6 Å². The van der Waals surface area contributed by atoms with Crippen molar-refractivity contribution in [3.8, 4) is 0 Å². The molecule has 1 N–H and O–H groups in total. The van der Waals surface area contributed by atoms with Gasteiger partial charge >= 0.3 is 0 Å². The molecule has 0 aliphatic carbocycles. The van der Waals surface area contributed by atoms with Crippen molar-refractivity contribution in [2.45, 2.75) is 19.4 Å². The molecule has 0 fully saturated rings. The van der Waals surface area contributed by atoms with E-state index in [9.17, 15) is 4.79 Å². The van der Waals surface area contributed by atoms with Gasteiger partial charge < -0.3 is 4.98 Å². The average Bonchev–Trinajstić information content (AvgIpc) is 2.99. The first-order valence-corrected chi connectivity index (χ1v) is 8.08. The summed E-state index contributed by atoms with van der Waals surface area (Å²) in [5, 5.41) is 3.96. The third-order valence-corrected chi connectivity index (χ3v) is 5.16. The fourth-order valence-electron chi connectivity index (χ4n) is 2.16. The van der Waals surface area contributed by atoms with E-state index in [4.69, 9.17) is 12.2 Å². The van der Waals surface area contributed by atoms with Crippen LogP contribution in [0.4, 0.5) is 0 Å². The first-order chi connectivity index (χ1) is 9.16. The molecule has 0 aliphatic rings. The lowest BCUT2D eigenvalue weighted by molar-refractivity contribution is 0.520. The van der Waals surface area contributed by atoms with Gasteiger partial charge in [-0.15, -0.1) is 22.7 Å². The summed E-state index contributed by atoms with van der Waals surface area (Å²) >= 11 is 8.48. The summed E-state index contributed by atoms with van der Waals surface area (Å²) in [4.78, 5) is 16.9. The topological polar surface area (TPSA) is 37.8 Å². The van der Waals surface area contributed by atoms with Crippen molar-refractivity contribution in [3.63, 3.8) is 0 Å². The summed E-state index contributed by atoms with van der Waals surface area (Å²) in [5.74, 6) is 0. The average molecular weight is 308 g/mol. The van der Waals surface area contributed by atoms with Gasteiger partial charge in [-0.05, 0) is 42.0 Å². The van der Waals surface area contributed by atoms with Crippen molar-refractivity contribution in [2.24, 2.45) is 0 Å². The van der Waals surface area contributed by atoms with Crippen molar-refractivity contribution in [3.05, 3.63) is 49.0 Å². The highest BCUT2D eigenvalue weighted by molar-refractivity contribution is 7.71. The van der Waals surface area contributed by atoms with Gasteiger partial charge in [-0.25, -0.2) is 0 Å². The SMILES string of the molecule is CC(Cc1cccs1)n1c(=S)[nH]c2ccsc2c1=O. The molecule has 3 rings (SSSR count). The molecular formula is C13H12N2OS3. The molecule has 1 atom stereocenters. The number of nitrogens with one attached hydrogen (secondary N) is 1. The first kappa shape index (κ1) is 12.8. The Morgan fingerprint density at radius 3 is 2.95 bits per heavy atom. The summed E-state index contributed by atoms with van der Waals surface area (Å²) < 4.78 is 2.93. The normalized spacial score (nSPS) is 12.9. The lowest BCUT2D eigenvalue weighted by Crippen LogP contribution is -2.25. The smallest absolute Gasteiger partial charge is 0.272 e. The second-order valence-corrected chi connectivity index (χ2v) is 6.74.